The fraction of sp³-hybridized carbons (Fsp3) is 0.733. The molecular weight excluding hydrogens is 272 g/mol. The first-order chi connectivity index (χ1) is 10.0. The summed E-state index contributed by atoms with van der Waals surface area (Å²) in [4.78, 5) is 16.4. The van der Waals surface area contributed by atoms with E-state index < -0.39 is 5.79 Å². The molecule has 0 N–H and O–H groups in total. The quantitative estimate of drug-likeness (QED) is 0.544. The number of carbonyl (C=O) groups excluding carboxylic acids is 1. The van der Waals surface area contributed by atoms with Gasteiger partial charge in [-0.1, -0.05) is 0 Å². The van der Waals surface area contributed by atoms with Gasteiger partial charge in [0.1, 0.15) is 18.2 Å². The van der Waals surface area contributed by atoms with Crippen molar-refractivity contribution in [3.8, 4) is 0 Å². The summed E-state index contributed by atoms with van der Waals surface area (Å²) in [6, 6.07) is 0. The Morgan fingerprint density at radius 1 is 1.43 bits per heavy atom. The van der Waals surface area contributed by atoms with Crippen molar-refractivity contribution in [2.45, 2.75) is 52.0 Å². The van der Waals surface area contributed by atoms with Crippen LogP contribution >= 0.6 is 0 Å². The van der Waals surface area contributed by atoms with Crippen molar-refractivity contribution in [3.63, 3.8) is 0 Å². The Kier molecular flexibility index (Phi) is 5.50. The summed E-state index contributed by atoms with van der Waals surface area (Å²) < 4.78 is 18.0. The van der Waals surface area contributed by atoms with Gasteiger partial charge in [0.25, 0.3) is 0 Å². The van der Waals surface area contributed by atoms with Gasteiger partial charge in [0.15, 0.2) is 11.6 Å². The standard InChI is InChI=1S/C15H24N2O4/c1-12-16-13(10-17(12)11-19-3)14(18)6-4-5-7-15(2)20-8-9-21-15/h10H,4-9,11H2,1-3H3. The minimum absolute atomic E-state index is 0.0753. The fourth-order valence-corrected chi connectivity index (χ4v) is 2.47. The topological polar surface area (TPSA) is 62.6 Å². The third-order valence-electron chi connectivity index (χ3n) is 3.71. The van der Waals surface area contributed by atoms with Crippen LogP contribution in [0, 0.1) is 6.92 Å². The largest absolute Gasteiger partial charge is 0.364 e. The first-order valence-electron chi connectivity index (χ1n) is 7.38. The molecule has 0 saturated carbocycles. The smallest absolute Gasteiger partial charge is 0.182 e. The number of methoxy groups -OCH3 is 1. The number of hydrogen-bond donors (Lipinski definition) is 0. The molecule has 6 nitrogen and oxygen atoms in total. The van der Waals surface area contributed by atoms with Gasteiger partial charge < -0.3 is 18.8 Å². The van der Waals surface area contributed by atoms with Crippen LogP contribution in [0.15, 0.2) is 6.20 Å². The number of carbonyl (C=O) groups is 1. The van der Waals surface area contributed by atoms with Crippen LogP contribution in [0.1, 0.15) is 48.9 Å². The Labute approximate surface area is 125 Å². The Bertz CT molecular complexity index is 478. The van der Waals surface area contributed by atoms with Crippen LogP contribution < -0.4 is 0 Å². The van der Waals surface area contributed by atoms with E-state index in [1.807, 2.05) is 18.4 Å². The SMILES string of the molecule is COCn1cc(C(=O)CCCCC2(C)OCCO2)nc1C. The number of ketones is 1. The van der Waals surface area contributed by atoms with E-state index in [0.29, 0.717) is 32.1 Å². The number of rotatable bonds is 8. The number of imidazole rings is 1. The maximum Gasteiger partial charge on any atom is 0.182 e. The van der Waals surface area contributed by atoms with Crippen LogP contribution in [0.25, 0.3) is 0 Å². The third kappa shape index (κ3) is 4.36. The highest BCUT2D eigenvalue weighted by atomic mass is 16.7. The molecule has 6 heteroatoms. The zero-order valence-corrected chi connectivity index (χ0v) is 13.1. The van der Waals surface area contributed by atoms with Gasteiger partial charge in [0.2, 0.25) is 0 Å². The molecule has 0 amide bonds. The number of aryl methyl sites for hydroxylation is 1. The summed E-state index contributed by atoms with van der Waals surface area (Å²) in [6.07, 6.45) is 4.79. The average molecular weight is 296 g/mol. The van der Waals surface area contributed by atoms with Gasteiger partial charge in [-0.05, 0) is 26.7 Å². The van der Waals surface area contributed by atoms with Crippen molar-refractivity contribution in [1.82, 2.24) is 9.55 Å². The molecule has 0 unspecified atom stereocenters. The monoisotopic (exact) mass is 296 g/mol. The highest BCUT2D eigenvalue weighted by Gasteiger charge is 2.30. The lowest BCUT2D eigenvalue weighted by Gasteiger charge is -2.21. The predicted octanol–water partition coefficient (Wildman–Crippen LogP) is 2.30. The maximum absolute atomic E-state index is 12.1. The van der Waals surface area contributed by atoms with Crippen LogP contribution in [-0.4, -0.2) is 41.4 Å². The van der Waals surface area contributed by atoms with Crippen molar-refractivity contribution in [2.24, 2.45) is 0 Å². The Morgan fingerprint density at radius 2 is 2.14 bits per heavy atom. The van der Waals surface area contributed by atoms with Gasteiger partial charge in [-0.15, -0.1) is 0 Å². The molecule has 0 bridgehead atoms. The highest BCUT2D eigenvalue weighted by Crippen LogP contribution is 2.25. The highest BCUT2D eigenvalue weighted by molar-refractivity contribution is 5.94. The molecule has 1 aromatic rings. The second-order valence-corrected chi connectivity index (χ2v) is 5.52. The minimum Gasteiger partial charge on any atom is -0.364 e. The molecule has 1 aliphatic rings. The van der Waals surface area contributed by atoms with Crippen LogP contribution in [0.3, 0.4) is 0 Å². The first kappa shape index (κ1) is 16.1. The number of unbranched alkanes of at least 4 members (excludes halogenated alkanes) is 1. The summed E-state index contributed by atoms with van der Waals surface area (Å²) in [5.41, 5.74) is 0.518. The van der Waals surface area contributed by atoms with Crippen molar-refractivity contribution in [1.29, 1.82) is 0 Å². The number of nitrogens with zero attached hydrogens (tertiary/aromatic N) is 2. The lowest BCUT2D eigenvalue weighted by atomic mass is 10.1. The van der Waals surface area contributed by atoms with Crippen molar-refractivity contribution < 1.29 is 19.0 Å². The van der Waals surface area contributed by atoms with Gasteiger partial charge in [-0.3, -0.25) is 4.79 Å². The summed E-state index contributed by atoms with van der Waals surface area (Å²) in [6.45, 7) is 5.55. The summed E-state index contributed by atoms with van der Waals surface area (Å²) in [5, 5.41) is 0. The average Bonchev–Trinajstić information content (AvgIpc) is 3.03. The molecule has 1 saturated heterocycles. The van der Waals surface area contributed by atoms with E-state index in [9.17, 15) is 4.79 Å². The predicted molar refractivity (Wildman–Crippen MR) is 77.1 cm³/mol. The van der Waals surface area contributed by atoms with Crippen molar-refractivity contribution in [3.05, 3.63) is 17.7 Å². The van der Waals surface area contributed by atoms with E-state index in [1.165, 1.54) is 0 Å². The molecule has 0 spiro atoms. The summed E-state index contributed by atoms with van der Waals surface area (Å²) >= 11 is 0. The van der Waals surface area contributed by atoms with Gasteiger partial charge in [-0.25, -0.2) is 4.98 Å². The molecule has 1 aromatic heterocycles. The molecule has 118 valence electrons. The number of hydrogen-bond acceptors (Lipinski definition) is 5. The lowest BCUT2D eigenvalue weighted by Crippen LogP contribution is -2.25. The van der Waals surface area contributed by atoms with Gasteiger partial charge in [-0.2, -0.15) is 0 Å². The Morgan fingerprint density at radius 3 is 2.81 bits per heavy atom. The van der Waals surface area contributed by atoms with Crippen molar-refractivity contribution >= 4 is 5.78 Å². The zero-order valence-electron chi connectivity index (χ0n) is 13.1. The second-order valence-electron chi connectivity index (χ2n) is 5.52. The van der Waals surface area contributed by atoms with Crippen LogP contribution in [0.5, 0.6) is 0 Å². The van der Waals surface area contributed by atoms with Gasteiger partial charge in [0.05, 0.1) is 13.2 Å². The number of aromatic nitrogens is 2. The molecule has 0 radical (unpaired) electrons. The molecule has 0 atom stereocenters. The molecule has 1 aliphatic heterocycles. The summed E-state index contributed by atoms with van der Waals surface area (Å²) in [5.74, 6) is 0.409. The third-order valence-corrected chi connectivity index (χ3v) is 3.71. The Hall–Kier alpha value is -1.24. The zero-order chi connectivity index (χ0) is 15.3. The van der Waals surface area contributed by atoms with Crippen LogP contribution in [0.4, 0.5) is 0 Å². The molecule has 0 aromatic carbocycles. The maximum atomic E-state index is 12.1. The number of Topliss-reactive ketones (excluding diaryl/α,β-unsaturated/α-hetero) is 1. The van der Waals surface area contributed by atoms with E-state index in [2.05, 4.69) is 4.98 Å². The molecule has 21 heavy (non-hydrogen) atoms. The molecule has 2 rings (SSSR count). The Balaban J connectivity index is 1.75. The van der Waals surface area contributed by atoms with Gasteiger partial charge in [0, 0.05) is 26.1 Å². The van der Waals surface area contributed by atoms with E-state index >= 15 is 0 Å². The van der Waals surface area contributed by atoms with E-state index in [0.717, 1.165) is 25.1 Å². The molecular formula is C15H24N2O4. The lowest BCUT2D eigenvalue weighted by molar-refractivity contribution is -0.147. The van der Waals surface area contributed by atoms with E-state index in [-0.39, 0.29) is 5.78 Å². The van der Waals surface area contributed by atoms with E-state index in [1.54, 1.807) is 13.3 Å². The first-order valence-corrected chi connectivity index (χ1v) is 7.38. The van der Waals surface area contributed by atoms with Crippen LogP contribution in [-0.2, 0) is 20.9 Å². The van der Waals surface area contributed by atoms with E-state index in [4.69, 9.17) is 14.2 Å². The molecule has 0 aliphatic carbocycles. The van der Waals surface area contributed by atoms with Crippen LogP contribution in [0.2, 0.25) is 0 Å². The second kappa shape index (κ2) is 7.15. The molecule has 1 fully saturated rings. The van der Waals surface area contributed by atoms with Crippen molar-refractivity contribution in [2.75, 3.05) is 20.3 Å². The fourth-order valence-electron chi connectivity index (χ4n) is 2.47. The number of ether oxygens (including phenoxy) is 3. The normalized spacial score (nSPS) is 17.3. The molecule has 2 heterocycles. The summed E-state index contributed by atoms with van der Waals surface area (Å²) in [7, 11) is 1.62. The van der Waals surface area contributed by atoms with Gasteiger partial charge >= 0.3 is 0 Å². The minimum atomic E-state index is -0.459.